The van der Waals surface area contributed by atoms with Crippen LogP contribution < -0.4 is 22.9 Å². The van der Waals surface area contributed by atoms with E-state index < -0.39 is 0 Å². The highest BCUT2D eigenvalue weighted by Gasteiger charge is 2.03. The molecule has 22 heavy (non-hydrogen) atoms. The number of hydrogen-bond acceptors (Lipinski definition) is 10. The molecule has 0 spiro atoms. The highest BCUT2D eigenvalue weighted by molar-refractivity contribution is 5.26. The molecular weight excluding hydrogens is 284 g/mol. The Balaban J connectivity index is 1.67. The van der Waals surface area contributed by atoms with Crippen LogP contribution in [0, 0.1) is 0 Å². The third kappa shape index (κ3) is 4.96. The van der Waals surface area contributed by atoms with Crippen molar-refractivity contribution in [1.29, 1.82) is 0 Å². The minimum Gasteiger partial charge on any atom is -0.368 e. The fourth-order valence-corrected chi connectivity index (χ4v) is 2.06. The standard InChI is InChI=1S/C12H20N10/c13-9-17-7(18-10(14)21-9)5-3-1-2-4-6-8-19-11(15)22-12(16)20-8/h1-6H2,(H4,13,14,17,18,21)(H4,15,16,19,20,22). The van der Waals surface area contributed by atoms with E-state index in [4.69, 9.17) is 22.9 Å². The molecule has 0 aliphatic heterocycles. The summed E-state index contributed by atoms with van der Waals surface area (Å²) in [6, 6.07) is 0. The van der Waals surface area contributed by atoms with E-state index in [-0.39, 0.29) is 23.8 Å². The van der Waals surface area contributed by atoms with Crippen LogP contribution in [-0.2, 0) is 12.8 Å². The van der Waals surface area contributed by atoms with Crippen LogP contribution in [0.25, 0.3) is 0 Å². The number of aryl methyl sites for hydroxylation is 2. The lowest BCUT2D eigenvalue weighted by Gasteiger charge is -2.03. The summed E-state index contributed by atoms with van der Waals surface area (Å²) in [5.41, 5.74) is 22.1. The predicted octanol–water partition coefficient (Wildman–Crippen LogP) is -0.269. The molecule has 0 saturated heterocycles. The van der Waals surface area contributed by atoms with Crippen molar-refractivity contribution in [2.24, 2.45) is 0 Å². The number of anilines is 4. The van der Waals surface area contributed by atoms with Gasteiger partial charge in [0.2, 0.25) is 23.8 Å². The Morgan fingerprint density at radius 1 is 0.455 bits per heavy atom. The van der Waals surface area contributed by atoms with E-state index in [2.05, 4.69) is 29.9 Å². The summed E-state index contributed by atoms with van der Waals surface area (Å²) in [6.07, 6.45) is 5.41. The summed E-state index contributed by atoms with van der Waals surface area (Å²) < 4.78 is 0. The number of nitrogen functional groups attached to an aromatic ring is 4. The number of nitrogens with two attached hydrogens (primary N) is 4. The van der Waals surface area contributed by atoms with Gasteiger partial charge < -0.3 is 22.9 Å². The second-order valence-corrected chi connectivity index (χ2v) is 4.85. The lowest BCUT2D eigenvalue weighted by molar-refractivity contribution is 0.620. The molecule has 2 aromatic rings. The van der Waals surface area contributed by atoms with Crippen LogP contribution in [0.1, 0.15) is 37.3 Å². The van der Waals surface area contributed by atoms with Crippen molar-refractivity contribution in [1.82, 2.24) is 29.9 Å². The smallest absolute Gasteiger partial charge is 0.225 e. The summed E-state index contributed by atoms with van der Waals surface area (Å²) in [5.74, 6) is 1.89. The first-order valence-electron chi connectivity index (χ1n) is 7.05. The van der Waals surface area contributed by atoms with Gasteiger partial charge in [-0.05, 0) is 12.8 Å². The van der Waals surface area contributed by atoms with Crippen LogP contribution in [0.15, 0.2) is 0 Å². The Labute approximate surface area is 127 Å². The van der Waals surface area contributed by atoms with Crippen molar-refractivity contribution in [3.05, 3.63) is 11.6 Å². The summed E-state index contributed by atoms with van der Waals surface area (Å²) in [5, 5.41) is 0. The summed E-state index contributed by atoms with van der Waals surface area (Å²) in [4.78, 5) is 23.6. The fourth-order valence-electron chi connectivity index (χ4n) is 2.06. The maximum absolute atomic E-state index is 5.52. The van der Waals surface area contributed by atoms with Gasteiger partial charge in [0.25, 0.3) is 0 Å². The van der Waals surface area contributed by atoms with E-state index in [1.54, 1.807) is 0 Å². The van der Waals surface area contributed by atoms with Crippen molar-refractivity contribution in [2.45, 2.75) is 38.5 Å². The average Bonchev–Trinajstić information content (AvgIpc) is 2.40. The van der Waals surface area contributed by atoms with E-state index in [1.807, 2.05) is 0 Å². The first-order chi connectivity index (χ1) is 10.5. The minimum atomic E-state index is 0.160. The Morgan fingerprint density at radius 2 is 0.773 bits per heavy atom. The monoisotopic (exact) mass is 304 g/mol. The van der Waals surface area contributed by atoms with Gasteiger partial charge in [0.15, 0.2) is 0 Å². The molecule has 2 heterocycles. The number of aromatic nitrogens is 6. The SMILES string of the molecule is Nc1nc(N)nc(CCCCCCc2nc(N)nc(N)n2)n1. The van der Waals surface area contributed by atoms with E-state index in [1.165, 1.54) is 0 Å². The zero-order chi connectivity index (χ0) is 15.9. The highest BCUT2D eigenvalue weighted by Crippen LogP contribution is 2.09. The molecule has 0 atom stereocenters. The van der Waals surface area contributed by atoms with Crippen LogP contribution in [0.4, 0.5) is 23.8 Å². The van der Waals surface area contributed by atoms with Crippen molar-refractivity contribution in [3.63, 3.8) is 0 Å². The van der Waals surface area contributed by atoms with E-state index in [0.29, 0.717) is 11.6 Å². The molecule has 0 amide bonds. The first kappa shape index (κ1) is 15.6. The lowest BCUT2D eigenvalue weighted by Crippen LogP contribution is -2.07. The molecule has 0 unspecified atom stereocenters. The molecule has 0 fully saturated rings. The zero-order valence-electron chi connectivity index (χ0n) is 12.2. The molecule has 10 nitrogen and oxygen atoms in total. The highest BCUT2D eigenvalue weighted by atomic mass is 15.1. The molecular formula is C12H20N10. The van der Waals surface area contributed by atoms with Crippen molar-refractivity contribution >= 4 is 23.8 Å². The molecule has 2 aromatic heterocycles. The second-order valence-electron chi connectivity index (χ2n) is 4.85. The maximum Gasteiger partial charge on any atom is 0.225 e. The first-order valence-corrected chi connectivity index (χ1v) is 7.05. The zero-order valence-corrected chi connectivity index (χ0v) is 12.2. The van der Waals surface area contributed by atoms with Gasteiger partial charge >= 0.3 is 0 Å². The van der Waals surface area contributed by atoms with Crippen LogP contribution in [0.5, 0.6) is 0 Å². The number of unbranched alkanes of at least 4 members (excludes halogenated alkanes) is 3. The number of rotatable bonds is 7. The van der Waals surface area contributed by atoms with Gasteiger partial charge in [-0.25, -0.2) is 0 Å². The van der Waals surface area contributed by atoms with Crippen molar-refractivity contribution < 1.29 is 0 Å². The molecule has 0 bridgehead atoms. The third-order valence-corrected chi connectivity index (χ3v) is 2.98. The normalized spacial score (nSPS) is 10.7. The average molecular weight is 304 g/mol. The maximum atomic E-state index is 5.52. The largest absolute Gasteiger partial charge is 0.368 e. The van der Waals surface area contributed by atoms with Gasteiger partial charge in [-0.2, -0.15) is 29.9 Å². The fraction of sp³-hybridized carbons (Fsp3) is 0.500. The molecule has 0 aliphatic rings. The number of nitrogens with zero attached hydrogens (tertiary/aromatic N) is 6. The van der Waals surface area contributed by atoms with Crippen LogP contribution in [0.2, 0.25) is 0 Å². The topological polar surface area (TPSA) is 181 Å². The Bertz CT molecular complexity index is 533. The molecule has 0 radical (unpaired) electrons. The quantitative estimate of drug-likeness (QED) is 0.497. The summed E-state index contributed by atoms with van der Waals surface area (Å²) >= 11 is 0. The van der Waals surface area contributed by atoms with E-state index in [0.717, 1.165) is 38.5 Å². The predicted molar refractivity (Wildman–Crippen MR) is 83.2 cm³/mol. The van der Waals surface area contributed by atoms with E-state index >= 15 is 0 Å². The van der Waals surface area contributed by atoms with Gasteiger partial charge in [-0.1, -0.05) is 12.8 Å². The lowest BCUT2D eigenvalue weighted by atomic mass is 10.1. The minimum absolute atomic E-state index is 0.160. The third-order valence-electron chi connectivity index (χ3n) is 2.98. The summed E-state index contributed by atoms with van der Waals surface area (Å²) in [6.45, 7) is 0. The Kier molecular flexibility index (Phi) is 5.17. The molecule has 2 rings (SSSR count). The van der Waals surface area contributed by atoms with Crippen molar-refractivity contribution in [2.75, 3.05) is 22.9 Å². The molecule has 10 heteroatoms. The van der Waals surface area contributed by atoms with Crippen LogP contribution >= 0.6 is 0 Å². The Morgan fingerprint density at radius 3 is 1.09 bits per heavy atom. The van der Waals surface area contributed by atoms with Gasteiger partial charge in [0.1, 0.15) is 11.6 Å². The van der Waals surface area contributed by atoms with Gasteiger partial charge in [0.05, 0.1) is 0 Å². The molecule has 0 aliphatic carbocycles. The van der Waals surface area contributed by atoms with E-state index in [9.17, 15) is 0 Å². The molecule has 8 N–H and O–H groups in total. The molecule has 0 aromatic carbocycles. The van der Waals surface area contributed by atoms with Crippen LogP contribution in [0.3, 0.4) is 0 Å². The number of hydrogen-bond donors (Lipinski definition) is 4. The summed E-state index contributed by atoms with van der Waals surface area (Å²) in [7, 11) is 0. The molecule has 0 saturated carbocycles. The van der Waals surface area contributed by atoms with Crippen LogP contribution in [-0.4, -0.2) is 29.9 Å². The Hall–Kier alpha value is -2.78. The van der Waals surface area contributed by atoms with Gasteiger partial charge in [-0.15, -0.1) is 0 Å². The van der Waals surface area contributed by atoms with Crippen molar-refractivity contribution in [3.8, 4) is 0 Å². The molecule has 118 valence electrons. The van der Waals surface area contributed by atoms with Gasteiger partial charge in [-0.3, -0.25) is 0 Å². The second kappa shape index (κ2) is 7.29. The van der Waals surface area contributed by atoms with Gasteiger partial charge in [0, 0.05) is 12.8 Å².